The Labute approximate surface area is 66.6 Å². The first-order valence-electron chi connectivity index (χ1n) is 4.37. The second-order valence-corrected chi connectivity index (χ2v) is 3.59. The van der Waals surface area contributed by atoms with Crippen LogP contribution in [0.15, 0.2) is 0 Å². The third kappa shape index (κ3) is 1.08. The van der Waals surface area contributed by atoms with E-state index in [0.29, 0.717) is 6.04 Å². The van der Waals surface area contributed by atoms with Crippen molar-refractivity contribution in [1.29, 1.82) is 0 Å². The van der Waals surface area contributed by atoms with Gasteiger partial charge in [-0.15, -0.1) is 0 Å². The summed E-state index contributed by atoms with van der Waals surface area (Å²) in [6.45, 7) is 1.26. The summed E-state index contributed by atoms with van der Waals surface area (Å²) in [5, 5.41) is 18.5. The predicted octanol–water partition coefficient (Wildman–Crippen LogP) is -0.424. The fraction of sp³-hybridized carbons (Fsp3) is 1.00. The van der Waals surface area contributed by atoms with Gasteiger partial charge in [0.15, 0.2) is 0 Å². The van der Waals surface area contributed by atoms with Crippen LogP contribution in [0.2, 0.25) is 0 Å². The quantitative estimate of drug-likeness (QED) is 0.543. The van der Waals surface area contributed by atoms with Crippen LogP contribution in [0.3, 0.4) is 0 Å². The molecule has 2 fully saturated rings. The van der Waals surface area contributed by atoms with Gasteiger partial charge in [0, 0.05) is 12.1 Å². The molecule has 3 nitrogen and oxygen atoms in total. The Morgan fingerprint density at radius 1 is 1.45 bits per heavy atom. The molecule has 2 aliphatic heterocycles. The van der Waals surface area contributed by atoms with Crippen LogP contribution in [0.4, 0.5) is 0 Å². The Morgan fingerprint density at radius 3 is 3.00 bits per heavy atom. The van der Waals surface area contributed by atoms with Gasteiger partial charge >= 0.3 is 0 Å². The van der Waals surface area contributed by atoms with E-state index in [-0.39, 0.29) is 18.8 Å². The van der Waals surface area contributed by atoms with Crippen LogP contribution in [0.5, 0.6) is 0 Å². The van der Waals surface area contributed by atoms with Gasteiger partial charge in [-0.25, -0.2) is 0 Å². The lowest BCUT2D eigenvalue weighted by molar-refractivity contribution is 0.127. The Morgan fingerprint density at radius 2 is 2.27 bits per heavy atom. The van der Waals surface area contributed by atoms with Gasteiger partial charge in [-0.3, -0.25) is 4.90 Å². The zero-order valence-corrected chi connectivity index (χ0v) is 6.61. The van der Waals surface area contributed by atoms with E-state index in [1.165, 1.54) is 6.42 Å². The predicted molar refractivity (Wildman–Crippen MR) is 41.2 cm³/mol. The summed E-state index contributed by atoms with van der Waals surface area (Å²) in [5.74, 6) is 0. The van der Waals surface area contributed by atoms with Crippen molar-refractivity contribution < 1.29 is 10.2 Å². The van der Waals surface area contributed by atoms with Crippen LogP contribution < -0.4 is 0 Å². The van der Waals surface area contributed by atoms with Crippen molar-refractivity contribution in [2.75, 3.05) is 13.2 Å². The molecule has 2 aliphatic rings. The van der Waals surface area contributed by atoms with E-state index in [9.17, 15) is 5.11 Å². The van der Waals surface area contributed by atoms with Gasteiger partial charge < -0.3 is 10.2 Å². The van der Waals surface area contributed by atoms with E-state index in [4.69, 9.17) is 5.11 Å². The van der Waals surface area contributed by atoms with Crippen LogP contribution in [0.1, 0.15) is 19.3 Å². The molecule has 0 aliphatic carbocycles. The molecule has 64 valence electrons. The van der Waals surface area contributed by atoms with Gasteiger partial charge in [0.2, 0.25) is 0 Å². The number of fused-ring (bicyclic) bond motifs is 1. The largest absolute Gasteiger partial charge is 0.395 e. The van der Waals surface area contributed by atoms with Crippen molar-refractivity contribution >= 4 is 0 Å². The molecule has 0 radical (unpaired) electrons. The molecular formula is C8H15NO2. The zero-order chi connectivity index (χ0) is 7.84. The monoisotopic (exact) mass is 157 g/mol. The van der Waals surface area contributed by atoms with Crippen molar-refractivity contribution in [3.8, 4) is 0 Å². The fourth-order valence-electron chi connectivity index (χ4n) is 2.43. The van der Waals surface area contributed by atoms with Gasteiger partial charge in [-0.2, -0.15) is 0 Å². The Bertz CT molecular complexity index is 151. The summed E-state index contributed by atoms with van der Waals surface area (Å²) in [4.78, 5) is 2.25. The summed E-state index contributed by atoms with van der Waals surface area (Å²) in [6.07, 6.45) is 2.87. The number of rotatable bonds is 1. The molecule has 0 saturated carbocycles. The van der Waals surface area contributed by atoms with Gasteiger partial charge in [-0.1, -0.05) is 0 Å². The third-order valence-electron chi connectivity index (χ3n) is 2.98. The highest BCUT2D eigenvalue weighted by molar-refractivity contribution is 4.97. The number of hydrogen-bond donors (Lipinski definition) is 2. The van der Waals surface area contributed by atoms with Crippen LogP contribution in [-0.4, -0.2) is 46.5 Å². The SMILES string of the molecule is OC[C@@H]1C[C@@H](O)[C@@H]2CCCN12. The summed E-state index contributed by atoms with van der Waals surface area (Å²) in [6, 6.07) is 0.588. The number of aliphatic hydroxyl groups is 2. The molecule has 11 heavy (non-hydrogen) atoms. The molecule has 3 heteroatoms. The zero-order valence-electron chi connectivity index (χ0n) is 6.61. The Kier molecular flexibility index (Phi) is 1.87. The molecule has 2 saturated heterocycles. The molecule has 2 N–H and O–H groups in total. The van der Waals surface area contributed by atoms with Crippen molar-refractivity contribution in [3.05, 3.63) is 0 Å². The maximum atomic E-state index is 9.55. The molecule has 3 atom stereocenters. The maximum absolute atomic E-state index is 9.55. The first-order valence-corrected chi connectivity index (χ1v) is 4.37. The summed E-state index contributed by atoms with van der Waals surface area (Å²) in [5.41, 5.74) is 0. The van der Waals surface area contributed by atoms with Crippen molar-refractivity contribution in [2.45, 2.75) is 37.5 Å². The normalized spacial score (nSPS) is 44.7. The van der Waals surface area contributed by atoms with Crippen molar-refractivity contribution in [3.63, 3.8) is 0 Å². The van der Waals surface area contributed by atoms with Gasteiger partial charge in [-0.05, 0) is 25.8 Å². The number of hydrogen-bond acceptors (Lipinski definition) is 3. The van der Waals surface area contributed by atoms with Crippen molar-refractivity contribution in [2.24, 2.45) is 0 Å². The molecule has 0 aromatic heterocycles. The van der Waals surface area contributed by atoms with E-state index in [2.05, 4.69) is 4.90 Å². The summed E-state index contributed by atoms with van der Waals surface area (Å²) >= 11 is 0. The van der Waals surface area contributed by atoms with Crippen LogP contribution >= 0.6 is 0 Å². The third-order valence-corrected chi connectivity index (χ3v) is 2.98. The molecular weight excluding hydrogens is 142 g/mol. The lowest BCUT2D eigenvalue weighted by Crippen LogP contribution is -2.34. The summed E-state index contributed by atoms with van der Waals surface area (Å²) in [7, 11) is 0. The average molecular weight is 157 g/mol. The minimum Gasteiger partial charge on any atom is -0.395 e. The standard InChI is InChI=1S/C8H15NO2/c10-5-6-4-8(11)7-2-1-3-9(6)7/h6-8,10-11H,1-5H2/t6-,7-,8+/m0/s1. The average Bonchev–Trinajstić information content (AvgIpc) is 2.54. The Hall–Kier alpha value is -0.120. The topological polar surface area (TPSA) is 43.7 Å². The highest BCUT2D eigenvalue weighted by atomic mass is 16.3. The first-order chi connectivity index (χ1) is 5.33. The van der Waals surface area contributed by atoms with E-state index < -0.39 is 0 Å². The maximum Gasteiger partial charge on any atom is 0.0711 e. The molecule has 0 aromatic carbocycles. The van der Waals surface area contributed by atoms with E-state index in [1.54, 1.807) is 0 Å². The lowest BCUT2D eigenvalue weighted by atomic mass is 10.1. The van der Waals surface area contributed by atoms with Crippen LogP contribution in [-0.2, 0) is 0 Å². The smallest absolute Gasteiger partial charge is 0.0711 e. The molecule has 0 unspecified atom stereocenters. The minimum atomic E-state index is -0.186. The number of nitrogens with zero attached hydrogens (tertiary/aromatic N) is 1. The van der Waals surface area contributed by atoms with Gasteiger partial charge in [0.1, 0.15) is 0 Å². The fourth-order valence-corrected chi connectivity index (χ4v) is 2.43. The minimum absolute atomic E-state index is 0.186. The van der Waals surface area contributed by atoms with E-state index in [1.807, 2.05) is 0 Å². The number of aliphatic hydroxyl groups excluding tert-OH is 2. The van der Waals surface area contributed by atoms with E-state index in [0.717, 1.165) is 19.4 Å². The second kappa shape index (κ2) is 2.73. The molecule has 2 rings (SSSR count). The molecule has 0 spiro atoms. The summed E-state index contributed by atoms with van der Waals surface area (Å²) < 4.78 is 0. The highest BCUT2D eigenvalue weighted by Crippen LogP contribution is 2.32. The van der Waals surface area contributed by atoms with Crippen LogP contribution in [0.25, 0.3) is 0 Å². The molecule has 0 amide bonds. The van der Waals surface area contributed by atoms with Gasteiger partial charge in [0.25, 0.3) is 0 Å². The Balaban J connectivity index is 2.07. The van der Waals surface area contributed by atoms with E-state index >= 15 is 0 Å². The highest BCUT2D eigenvalue weighted by Gasteiger charge is 2.42. The molecule has 2 heterocycles. The van der Waals surface area contributed by atoms with Gasteiger partial charge in [0.05, 0.1) is 12.7 Å². The second-order valence-electron chi connectivity index (χ2n) is 3.59. The lowest BCUT2D eigenvalue weighted by Gasteiger charge is -2.21. The van der Waals surface area contributed by atoms with Crippen LogP contribution in [0, 0.1) is 0 Å². The van der Waals surface area contributed by atoms with Crippen molar-refractivity contribution in [1.82, 2.24) is 4.90 Å². The molecule has 0 bridgehead atoms. The first kappa shape index (κ1) is 7.53. The molecule has 0 aromatic rings.